The molecule has 200 valence electrons. The average Bonchev–Trinajstić information content (AvgIpc) is 2.91. The molecule has 7 nitrogen and oxygen atoms in total. The van der Waals surface area contributed by atoms with Gasteiger partial charge in [-0.25, -0.2) is 9.59 Å². The summed E-state index contributed by atoms with van der Waals surface area (Å²) in [4.78, 5) is 23.8. The Morgan fingerprint density at radius 2 is 1.38 bits per heavy atom. The third kappa shape index (κ3) is 8.23. The number of carbonyl (C=O) groups excluding carboxylic acids is 2. The molecule has 2 rings (SSSR count). The lowest BCUT2D eigenvalue weighted by molar-refractivity contribution is -0.185. The fourth-order valence-corrected chi connectivity index (χ4v) is 3.42. The lowest BCUT2D eigenvalue weighted by Crippen LogP contribution is -2.23. The Balaban J connectivity index is 2.19. The van der Waals surface area contributed by atoms with E-state index >= 15 is 0 Å². The van der Waals surface area contributed by atoms with Crippen molar-refractivity contribution in [3.05, 3.63) is 89.0 Å². The van der Waals surface area contributed by atoms with Crippen LogP contribution in [0.4, 0.5) is 8.78 Å². The first kappa shape index (κ1) is 29.7. The summed E-state index contributed by atoms with van der Waals surface area (Å²) in [7, 11) is 0. The Morgan fingerprint density at radius 3 is 1.84 bits per heavy atom. The fraction of sp³-hybridized carbons (Fsp3) is 0.357. The van der Waals surface area contributed by atoms with E-state index in [1.807, 2.05) is 13.8 Å². The highest BCUT2D eigenvalue weighted by Crippen LogP contribution is 2.33. The first-order valence-corrected chi connectivity index (χ1v) is 11.8. The number of hydrogen-bond acceptors (Lipinski definition) is 7. The summed E-state index contributed by atoms with van der Waals surface area (Å²) in [6.45, 7) is 8.96. The zero-order valence-corrected chi connectivity index (χ0v) is 21.0. The Kier molecular flexibility index (Phi) is 11.0. The number of ether oxygens (including phenoxy) is 3. The Morgan fingerprint density at radius 1 is 0.865 bits per heavy atom. The van der Waals surface area contributed by atoms with Gasteiger partial charge in [0.05, 0.1) is 35.8 Å². The summed E-state index contributed by atoms with van der Waals surface area (Å²) in [5.74, 6) is -2.45. The monoisotopic (exact) mass is 518 g/mol. The normalized spacial score (nSPS) is 11.2. The minimum atomic E-state index is -3.57. The van der Waals surface area contributed by atoms with Crippen LogP contribution in [0.1, 0.15) is 42.0 Å². The molecule has 0 aromatic heterocycles. The standard InChI is InChI=1S/C28H32F2O7/c1-5-20-7-10-24(13-21(20)6-2)28(29,30)37-25-11-8-22(9-12-25)23(16-35-26(33)18(3)14-31)17-36-27(34)19(4)15-32/h7-13,23,31-32H,3-6,14-17H2,1-2H3. The van der Waals surface area contributed by atoms with Crippen molar-refractivity contribution in [2.75, 3.05) is 26.4 Å². The molecule has 2 aromatic carbocycles. The van der Waals surface area contributed by atoms with Crippen LogP contribution in [0, 0.1) is 0 Å². The topological polar surface area (TPSA) is 102 Å². The lowest BCUT2D eigenvalue weighted by Gasteiger charge is -2.21. The van der Waals surface area contributed by atoms with Crippen molar-refractivity contribution >= 4 is 11.9 Å². The second-order valence-electron chi connectivity index (χ2n) is 8.30. The Labute approximate surface area is 215 Å². The van der Waals surface area contributed by atoms with E-state index in [0.29, 0.717) is 12.0 Å². The van der Waals surface area contributed by atoms with Gasteiger partial charge in [-0.3, -0.25) is 0 Å². The van der Waals surface area contributed by atoms with Crippen LogP contribution in [0.2, 0.25) is 0 Å². The molecule has 0 atom stereocenters. The third-order valence-corrected chi connectivity index (χ3v) is 5.69. The third-order valence-electron chi connectivity index (χ3n) is 5.69. The number of halogens is 2. The first-order chi connectivity index (χ1) is 17.6. The van der Waals surface area contributed by atoms with Gasteiger partial charge in [0, 0.05) is 0 Å². The van der Waals surface area contributed by atoms with E-state index in [0.717, 1.165) is 17.5 Å². The molecule has 0 bridgehead atoms. The number of hydrogen-bond donors (Lipinski definition) is 2. The molecule has 0 fully saturated rings. The predicted molar refractivity (Wildman–Crippen MR) is 133 cm³/mol. The zero-order valence-electron chi connectivity index (χ0n) is 21.0. The van der Waals surface area contributed by atoms with Crippen molar-refractivity contribution < 1.29 is 42.8 Å². The van der Waals surface area contributed by atoms with Crippen LogP contribution in [0.3, 0.4) is 0 Å². The van der Waals surface area contributed by atoms with Gasteiger partial charge in [0.25, 0.3) is 0 Å². The average molecular weight is 519 g/mol. The molecule has 37 heavy (non-hydrogen) atoms. The highest BCUT2D eigenvalue weighted by molar-refractivity contribution is 5.88. The van der Waals surface area contributed by atoms with Crippen LogP contribution in [0.5, 0.6) is 5.75 Å². The molecule has 0 aliphatic rings. The summed E-state index contributed by atoms with van der Waals surface area (Å²) < 4.78 is 45.0. The quantitative estimate of drug-likeness (QED) is 0.285. The minimum absolute atomic E-state index is 0.0959. The molecule has 0 aliphatic carbocycles. The van der Waals surface area contributed by atoms with Crippen molar-refractivity contribution in [2.24, 2.45) is 0 Å². The molecular weight excluding hydrogens is 486 g/mol. The first-order valence-electron chi connectivity index (χ1n) is 11.8. The summed E-state index contributed by atoms with van der Waals surface area (Å²) >= 11 is 0. The van der Waals surface area contributed by atoms with Crippen LogP contribution in [0.15, 0.2) is 66.8 Å². The Bertz CT molecular complexity index is 1080. The number of benzene rings is 2. The van der Waals surface area contributed by atoms with Crippen molar-refractivity contribution in [1.29, 1.82) is 0 Å². The van der Waals surface area contributed by atoms with E-state index in [4.69, 9.17) is 24.4 Å². The van der Waals surface area contributed by atoms with Crippen LogP contribution in [-0.4, -0.2) is 48.6 Å². The molecule has 0 saturated heterocycles. The van der Waals surface area contributed by atoms with E-state index in [9.17, 15) is 18.4 Å². The number of aliphatic hydroxyl groups excluding tert-OH is 2. The maximum Gasteiger partial charge on any atom is 0.426 e. The zero-order chi connectivity index (χ0) is 27.6. The molecule has 2 aromatic rings. The second kappa shape index (κ2) is 13.7. The number of rotatable bonds is 14. The van der Waals surface area contributed by atoms with Crippen molar-refractivity contribution in [2.45, 2.75) is 38.7 Å². The highest BCUT2D eigenvalue weighted by Gasteiger charge is 2.35. The van der Waals surface area contributed by atoms with Crippen LogP contribution >= 0.6 is 0 Å². The molecule has 0 heterocycles. The maximum atomic E-state index is 14.9. The summed E-state index contributed by atoms with van der Waals surface area (Å²) in [5.41, 5.74) is 1.76. The van der Waals surface area contributed by atoms with Gasteiger partial charge >= 0.3 is 18.0 Å². The molecule has 0 saturated carbocycles. The second-order valence-corrected chi connectivity index (χ2v) is 8.30. The smallest absolute Gasteiger partial charge is 0.426 e. The number of alkyl halides is 2. The lowest BCUT2D eigenvalue weighted by atomic mass is 9.99. The van der Waals surface area contributed by atoms with Gasteiger partial charge < -0.3 is 24.4 Å². The number of esters is 2. The van der Waals surface area contributed by atoms with E-state index < -0.39 is 37.2 Å². The van der Waals surface area contributed by atoms with Gasteiger partial charge in [0.15, 0.2) is 0 Å². The molecule has 9 heteroatoms. The Hall–Kier alpha value is -3.56. The highest BCUT2D eigenvalue weighted by atomic mass is 19.3. The number of aliphatic hydroxyl groups is 2. The largest absolute Gasteiger partial charge is 0.461 e. The van der Waals surface area contributed by atoms with Gasteiger partial charge in [-0.15, -0.1) is 0 Å². The number of aryl methyl sites for hydroxylation is 2. The van der Waals surface area contributed by atoms with E-state index in [1.54, 1.807) is 6.07 Å². The van der Waals surface area contributed by atoms with Gasteiger partial charge in [0.1, 0.15) is 19.0 Å². The minimum Gasteiger partial charge on any atom is -0.461 e. The summed E-state index contributed by atoms with van der Waals surface area (Å²) in [6, 6.07) is 10.1. The van der Waals surface area contributed by atoms with Crippen LogP contribution < -0.4 is 4.74 Å². The molecule has 0 amide bonds. The summed E-state index contributed by atoms with van der Waals surface area (Å²) in [5, 5.41) is 18.1. The summed E-state index contributed by atoms with van der Waals surface area (Å²) in [6.07, 6.45) is -2.21. The SMILES string of the molecule is C=C(CO)C(=O)OCC(COC(=O)C(=C)CO)c1ccc(OC(F)(F)c2ccc(CC)c(CC)c2)cc1. The van der Waals surface area contributed by atoms with Gasteiger partial charge in [-0.05, 0) is 53.8 Å². The molecule has 0 spiro atoms. The van der Waals surface area contributed by atoms with Gasteiger partial charge in [-0.2, -0.15) is 8.78 Å². The van der Waals surface area contributed by atoms with E-state index in [2.05, 4.69) is 13.2 Å². The molecule has 0 aliphatic heterocycles. The van der Waals surface area contributed by atoms with Crippen molar-refractivity contribution in [3.8, 4) is 5.75 Å². The van der Waals surface area contributed by atoms with Gasteiger partial charge in [-0.1, -0.05) is 45.2 Å². The number of carbonyl (C=O) groups is 2. The van der Waals surface area contributed by atoms with Crippen molar-refractivity contribution in [1.82, 2.24) is 0 Å². The van der Waals surface area contributed by atoms with Gasteiger partial charge in [0.2, 0.25) is 0 Å². The molecular formula is C28H32F2O7. The van der Waals surface area contributed by atoms with Crippen molar-refractivity contribution in [3.63, 3.8) is 0 Å². The molecule has 0 unspecified atom stereocenters. The maximum absolute atomic E-state index is 14.9. The van der Waals surface area contributed by atoms with E-state index in [-0.39, 0.29) is 35.7 Å². The molecule has 2 N–H and O–H groups in total. The van der Waals surface area contributed by atoms with Crippen LogP contribution in [0.25, 0.3) is 0 Å². The van der Waals surface area contributed by atoms with Crippen LogP contribution in [-0.2, 0) is 38.0 Å². The fourth-order valence-electron chi connectivity index (χ4n) is 3.42. The van der Waals surface area contributed by atoms with E-state index in [1.165, 1.54) is 36.4 Å². The molecule has 0 radical (unpaired) electrons. The predicted octanol–water partition coefficient (Wildman–Crippen LogP) is 4.21.